The van der Waals surface area contributed by atoms with E-state index in [1.54, 1.807) is 0 Å². The average Bonchev–Trinajstić information content (AvgIpc) is 1.98. The molecule has 1 aliphatic rings. The van der Waals surface area contributed by atoms with E-state index in [1.165, 1.54) is 0 Å². The van der Waals surface area contributed by atoms with Gasteiger partial charge in [0, 0.05) is 0 Å². The minimum Gasteiger partial charge on any atom is -0.444 e. The molecule has 4 heteroatoms. The molecule has 2 atom stereocenters. The smallest absolute Gasteiger partial charge is 0.409 e. The molecular weight excluding hydrogens is 180 g/mol. The Hall–Kier alpha value is -0.770. The third-order valence-electron chi connectivity index (χ3n) is 2.60. The molecule has 0 heterocycles. The molecule has 14 heavy (non-hydrogen) atoms. The van der Waals surface area contributed by atoms with E-state index < -0.39 is 17.4 Å². The minimum atomic E-state index is -0.553. The van der Waals surface area contributed by atoms with E-state index >= 15 is 0 Å². The quantitative estimate of drug-likeness (QED) is 0.632. The van der Waals surface area contributed by atoms with Crippen LogP contribution < -0.4 is 11.1 Å². The lowest BCUT2D eigenvalue weighted by Crippen LogP contribution is -2.66. The van der Waals surface area contributed by atoms with Crippen molar-refractivity contribution in [2.75, 3.05) is 0 Å². The fourth-order valence-electron chi connectivity index (χ4n) is 1.42. The van der Waals surface area contributed by atoms with Gasteiger partial charge in [-0.3, -0.25) is 0 Å². The van der Waals surface area contributed by atoms with Crippen LogP contribution in [-0.4, -0.2) is 17.4 Å². The Morgan fingerprint density at radius 2 is 2.14 bits per heavy atom. The fourth-order valence-corrected chi connectivity index (χ4v) is 1.42. The van der Waals surface area contributed by atoms with E-state index in [1.807, 2.05) is 27.7 Å². The number of nitrogens with two attached hydrogens (primary N) is 1. The summed E-state index contributed by atoms with van der Waals surface area (Å²) in [5.74, 6) is 0.329. The zero-order valence-corrected chi connectivity index (χ0v) is 9.39. The molecule has 82 valence electrons. The number of ether oxygens (including phenoxy) is 1. The maximum absolute atomic E-state index is 11.4. The van der Waals surface area contributed by atoms with E-state index in [0.29, 0.717) is 5.92 Å². The summed E-state index contributed by atoms with van der Waals surface area (Å²) >= 11 is 0. The van der Waals surface area contributed by atoms with Gasteiger partial charge in [0.05, 0.1) is 5.66 Å². The highest BCUT2D eigenvalue weighted by Gasteiger charge is 2.42. The number of rotatable bonds is 1. The third kappa shape index (κ3) is 2.61. The van der Waals surface area contributed by atoms with Gasteiger partial charge < -0.3 is 15.8 Å². The van der Waals surface area contributed by atoms with Crippen molar-refractivity contribution >= 4 is 6.09 Å². The number of nitrogens with one attached hydrogen (secondary N) is 1. The van der Waals surface area contributed by atoms with E-state index in [0.717, 1.165) is 12.8 Å². The van der Waals surface area contributed by atoms with Crippen molar-refractivity contribution in [1.82, 2.24) is 5.32 Å². The lowest BCUT2D eigenvalue weighted by Gasteiger charge is -2.45. The van der Waals surface area contributed by atoms with Crippen LogP contribution in [0.4, 0.5) is 4.79 Å². The van der Waals surface area contributed by atoms with Crippen molar-refractivity contribution in [3.05, 3.63) is 0 Å². The van der Waals surface area contributed by atoms with Crippen molar-refractivity contribution in [3.63, 3.8) is 0 Å². The third-order valence-corrected chi connectivity index (χ3v) is 2.60. The Labute approximate surface area is 85.2 Å². The zero-order chi connectivity index (χ0) is 11.0. The first-order valence-electron chi connectivity index (χ1n) is 5.03. The van der Waals surface area contributed by atoms with Crippen LogP contribution in [0.1, 0.15) is 40.5 Å². The Bertz CT molecular complexity index is 235. The molecule has 0 saturated heterocycles. The van der Waals surface area contributed by atoms with Crippen molar-refractivity contribution < 1.29 is 9.53 Å². The van der Waals surface area contributed by atoms with Gasteiger partial charge in [-0.15, -0.1) is 0 Å². The maximum Gasteiger partial charge on any atom is 0.409 e. The molecular formula is C10H20N2O2. The van der Waals surface area contributed by atoms with E-state index in [4.69, 9.17) is 10.5 Å². The van der Waals surface area contributed by atoms with Crippen molar-refractivity contribution in [2.45, 2.75) is 51.8 Å². The van der Waals surface area contributed by atoms with Crippen LogP contribution in [0.25, 0.3) is 0 Å². The van der Waals surface area contributed by atoms with E-state index in [-0.39, 0.29) is 0 Å². The summed E-state index contributed by atoms with van der Waals surface area (Å²) < 4.78 is 5.13. The lowest BCUT2D eigenvalue weighted by atomic mass is 9.75. The topological polar surface area (TPSA) is 64.3 Å². The summed E-state index contributed by atoms with van der Waals surface area (Å²) in [4.78, 5) is 11.4. The first kappa shape index (κ1) is 11.3. The molecule has 0 aromatic rings. The van der Waals surface area contributed by atoms with Crippen LogP contribution in [0.2, 0.25) is 0 Å². The van der Waals surface area contributed by atoms with Gasteiger partial charge in [-0.2, -0.15) is 0 Å². The Balaban J connectivity index is 2.41. The second-order valence-corrected chi connectivity index (χ2v) is 5.11. The molecule has 0 aromatic carbocycles. The minimum absolute atomic E-state index is 0.329. The van der Waals surface area contributed by atoms with Gasteiger partial charge in [-0.25, -0.2) is 4.79 Å². The van der Waals surface area contributed by atoms with Crippen molar-refractivity contribution in [1.29, 1.82) is 0 Å². The van der Waals surface area contributed by atoms with Crippen molar-refractivity contribution in [3.8, 4) is 0 Å². The van der Waals surface area contributed by atoms with Gasteiger partial charge >= 0.3 is 6.09 Å². The molecule has 0 bridgehead atoms. The predicted octanol–water partition coefficient (Wildman–Crippen LogP) is 1.60. The lowest BCUT2D eigenvalue weighted by molar-refractivity contribution is 0.0274. The van der Waals surface area contributed by atoms with Gasteiger partial charge in [-0.1, -0.05) is 6.92 Å². The molecule has 1 amide bonds. The van der Waals surface area contributed by atoms with Gasteiger partial charge in [0.25, 0.3) is 0 Å². The Kier molecular flexibility index (Phi) is 2.76. The predicted molar refractivity (Wildman–Crippen MR) is 54.7 cm³/mol. The van der Waals surface area contributed by atoms with Crippen LogP contribution >= 0.6 is 0 Å². The molecule has 0 aromatic heterocycles. The molecule has 1 rings (SSSR count). The van der Waals surface area contributed by atoms with Gasteiger partial charge in [0.15, 0.2) is 0 Å². The second-order valence-electron chi connectivity index (χ2n) is 5.11. The molecule has 1 saturated carbocycles. The Morgan fingerprint density at radius 3 is 2.43 bits per heavy atom. The summed E-state index contributed by atoms with van der Waals surface area (Å²) in [6, 6.07) is 0. The fraction of sp³-hybridized carbons (Fsp3) is 0.900. The molecule has 0 spiro atoms. The zero-order valence-electron chi connectivity index (χ0n) is 9.39. The summed E-state index contributed by atoms with van der Waals surface area (Å²) in [7, 11) is 0. The number of hydrogen-bond donors (Lipinski definition) is 2. The molecule has 0 aliphatic heterocycles. The van der Waals surface area contributed by atoms with E-state index in [9.17, 15) is 4.79 Å². The number of hydrogen-bond acceptors (Lipinski definition) is 3. The Morgan fingerprint density at radius 1 is 1.57 bits per heavy atom. The van der Waals surface area contributed by atoms with E-state index in [2.05, 4.69) is 5.32 Å². The van der Waals surface area contributed by atoms with Crippen LogP contribution in [0.3, 0.4) is 0 Å². The van der Waals surface area contributed by atoms with Crippen LogP contribution in [-0.2, 0) is 4.74 Å². The normalized spacial score (nSPS) is 31.9. The summed E-state index contributed by atoms with van der Waals surface area (Å²) in [6.45, 7) is 7.53. The van der Waals surface area contributed by atoms with Gasteiger partial charge in [0.1, 0.15) is 5.60 Å². The largest absolute Gasteiger partial charge is 0.444 e. The average molecular weight is 200 g/mol. The molecule has 0 radical (unpaired) electrons. The molecule has 1 aliphatic carbocycles. The standard InChI is InChI=1S/C10H20N2O2/c1-7-5-6-10(7,11)12-8(13)14-9(2,3)4/h7H,5-6,11H2,1-4H3,(H,12,13)/t7?,10-/m1/s1. The number of amides is 1. The number of carbonyl (C=O) groups excluding carboxylic acids is 1. The monoisotopic (exact) mass is 200 g/mol. The van der Waals surface area contributed by atoms with Gasteiger partial charge in [0.2, 0.25) is 0 Å². The van der Waals surface area contributed by atoms with Crippen LogP contribution in [0.5, 0.6) is 0 Å². The second kappa shape index (κ2) is 3.42. The highest BCUT2D eigenvalue weighted by molar-refractivity contribution is 5.68. The maximum atomic E-state index is 11.4. The van der Waals surface area contributed by atoms with Crippen LogP contribution in [0.15, 0.2) is 0 Å². The SMILES string of the molecule is CC1CC[C@@]1(N)NC(=O)OC(C)(C)C. The number of carbonyl (C=O) groups is 1. The first-order valence-corrected chi connectivity index (χ1v) is 5.03. The highest BCUT2D eigenvalue weighted by atomic mass is 16.6. The molecule has 1 unspecified atom stereocenters. The summed E-state index contributed by atoms with van der Waals surface area (Å²) in [5.41, 5.74) is 4.94. The first-order chi connectivity index (χ1) is 6.23. The summed E-state index contributed by atoms with van der Waals surface area (Å²) in [5, 5.41) is 2.72. The van der Waals surface area contributed by atoms with Crippen LogP contribution in [0, 0.1) is 5.92 Å². The highest BCUT2D eigenvalue weighted by Crippen LogP contribution is 2.33. The number of alkyl carbamates (subject to hydrolysis) is 1. The van der Waals surface area contributed by atoms with Gasteiger partial charge in [-0.05, 0) is 39.5 Å². The molecule has 3 N–H and O–H groups in total. The molecule has 4 nitrogen and oxygen atoms in total. The summed E-state index contributed by atoms with van der Waals surface area (Å²) in [6.07, 6.45) is 1.46. The molecule has 1 fully saturated rings. The van der Waals surface area contributed by atoms with Crippen molar-refractivity contribution in [2.24, 2.45) is 11.7 Å².